The molecular weight excluding hydrogens is 216 g/mol. The van der Waals surface area contributed by atoms with E-state index in [1.165, 1.54) is 0 Å². The summed E-state index contributed by atoms with van der Waals surface area (Å²) in [5.41, 5.74) is 0.409. The molecule has 1 N–H and O–H groups in total. The number of rotatable bonds is 3. The average molecular weight is 232 g/mol. The lowest BCUT2D eigenvalue weighted by Gasteiger charge is -2.22. The first-order valence-electron chi connectivity index (χ1n) is 5.91. The summed E-state index contributed by atoms with van der Waals surface area (Å²) in [6.45, 7) is 1.94. The van der Waals surface area contributed by atoms with Gasteiger partial charge in [0.2, 0.25) is 0 Å². The van der Waals surface area contributed by atoms with Gasteiger partial charge in [0, 0.05) is 5.56 Å². The van der Waals surface area contributed by atoms with Crippen LogP contribution in [0.5, 0.6) is 0 Å². The topological polar surface area (TPSA) is 54.4 Å². The Morgan fingerprint density at radius 2 is 1.65 bits per heavy atom. The summed E-state index contributed by atoms with van der Waals surface area (Å²) in [4.78, 5) is 23.7. The van der Waals surface area contributed by atoms with Gasteiger partial charge in [0.1, 0.15) is 5.41 Å². The van der Waals surface area contributed by atoms with Crippen LogP contribution in [0, 0.1) is 12.3 Å². The lowest BCUT2D eigenvalue weighted by atomic mass is 9.79. The molecule has 0 unspecified atom stereocenters. The van der Waals surface area contributed by atoms with E-state index in [0.29, 0.717) is 18.4 Å². The Labute approximate surface area is 100 Å². The van der Waals surface area contributed by atoms with Crippen LogP contribution in [0.1, 0.15) is 41.6 Å². The van der Waals surface area contributed by atoms with Gasteiger partial charge in [-0.15, -0.1) is 0 Å². The lowest BCUT2D eigenvalue weighted by Crippen LogP contribution is -2.36. The fourth-order valence-electron chi connectivity index (χ4n) is 2.50. The Kier molecular flexibility index (Phi) is 3.01. The summed E-state index contributed by atoms with van der Waals surface area (Å²) in [5.74, 6) is -1.21. The molecule has 2 rings (SSSR count). The van der Waals surface area contributed by atoms with Crippen LogP contribution >= 0.6 is 0 Å². The van der Waals surface area contributed by atoms with Crippen LogP contribution < -0.4 is 0 Å². The van der Waals surface area contributed by atoms with Crippen molar-refractivity contribution in [1.82, 2.24) is 0 Å². The standard InChI is InChI=1S/C14H16O3/c1-10-4-6-11(7-5-10)12(15)14(13(16)17)8-2-3-9-14/h4-7H,2-3,8-9H2,1H3,(H,16,17). The second-order valence-electron chi connectivity index (χ2n) is 4.79. The fraction of sp³-hybridized carbons (Fsp3) is 0.429. The Morgan fingerprint density at radius 3 is 2.12 bits per heavy atom. The Morgan fingerprint density at radius 1 is 1.12 bits per heavy atom. The molecule has 1 saturated carbocycles. The molecule has 90 valence electrons. The summed E-state index contributed by atoms with van der Waals surface area (Å²) in [6, 6.07) is 7.14. The molecule has 0 saturated heterocycles. The third-order valence-electron chi connectivity index (χ3n) is 3.61. The molecule has 1 aromatic rings. The third-order valence-corrected chi connectivity index (χ3v) is 3.61. The Bertz CT molecular complexity index is 439. The van der Waals surface area contributed by atoms with Crippen LogP contribution in [0.4, 0.5) is 0 Å². The maximum atomic E-state index is 12.3. The molecule has 0 atom stereocenters. The number of ketones is 1. The normalized spacial score (nSPS) is 17.9. The summed E-state index contributed by atoms with van der Waals surface area (Å²) >= 11 is 0. The van der Waals surface area contributed by atoms with Gasteiger partial charge in [-0.2, -0.15) is 0 Å². The van der Waals surface area contributed by atoms with Gasteiger partial charge in [-0.05, 0) is 19.8 Å². The first kappa shape index (κ1) is 11.8. The van der Waals surface area contributed by atoms with Crippen molar-refractivity contribution in [3.05, 3.63) is 35.4 Å². The van der Waals surface area contributed by atoms with Crippen molar-refractivity contribution in [1.29, 1.82) is 0 Å². The Balaban J connectivity index is 2.35. The predicted octanol–water partition coefficient (Wildman–Crippen LogP) is 2.82. The van der Waals surface area contributed by atoms with E-state index < -0.39 is 11.4 Å². The maximum absolute atomic E-state index is 12.3. The summed E-state index contributed by atoms with van der Waals surface area (Å²) in [5, 5.41) is 9.33. The molecule has 0 spiro atoms. The molecule has 3 heteroatoms. The third kappa shape index (κ3) is 1.97. The summed E-state index contributed by atoms with van der Waals surface area (Å²) < 4.78 is 0. The molecule has 0 heterocycles. The van der Waals surface area contributed by atoms with Gasteiger partial charge >= 0.3 is 5.97 Å². The molecule has 1 fully saturated rings. The minimum Gasteiger partial charge on any atom is -0.480 e. The molecule has 1 aromatic carbocycles. The van der Waals surface area contributed by atoms with Gasteiger partial charge in [-0.25, -0.2) is 0 Å². The van der Waals surface area contributed by atoms with E-state index in [2.05, 4.69) is 0 Å². The average Bonchev–Trinajstić information content (AvgIpc) is 2.79. The lowest BCUT2D eigenvalue weighted by molar-refractivity contribution is -0.145. The summed E-state index contributed by atoms with van der Waals surface area (Å²) in [6.07, 6.45) is 2.58. The zero-order valence-electron chi connectivity index (χ0n) is 9.90. The highest BCUT2D eigenvalue weighted by Crippen LogP contribution is 2.41. The zero-order valence-corrected chi connectivity index (χ0v) is 9.90. The smallest absolute Gasteiger partial charge is 0.317 e. The number of carboxylic acid groups (broad SMARTS) is 1. The van der Waals surface area contributed by atoms with Gasteiger partial charge < -0.3 is 5.11 Å². The molecule has 0 radical (unpaired) electrons. The van der Waals surface area contributed by atoms with Crippen molar-refractivity contribution in [2.24, 2.45) is 5.41 Å². The van der Waals surface area contributed by atoms with Crippen LogP contribution in [-0.2, 0) is 4.79 Å². The minimum atomic E-state index is -1.17. The first-order chi connectivity index (χ1) is 8.06. The summed E-state index contributed by atoms with van der Waals surface area (Å²) in [7, 11) is 0. The number of aryl methyl sites for hydroxylation is 1. The van der Waals surface area contributed by atoms with E-state index in [4.69, 9.17) is 0 Å². The molecule has 3 nitrogen and oxygen atoms in total. The number of carboxylic acids is 1. The van der Waals surface area contributed by atoms with Crippen molar-refractivity contribution >= 4 is 11.8 Å². The van der Waals surface area contributed by atoms with E-state index in [9.17, 15) is 14.7 Å². The van der Waals surface area contributed by atoms with Crippen molar-refractivity contribution in [3.63, 3.8) is 0 Å². The molecule has 0 bridgehead atoms. The fourth-order valence-corrected chi connectivity index (χ4v) is 2.50. The molecular formula is C14H16O3. The molecule has 17 heavy (non-hydrogen) atoms. The maximum Gasteiger partial charge on any atom is 0.317 e. The van der Waals surface area contributed by atoms with E-state index >= 15 is 0 Å². The van der Waals surface area contributed by atoms with Gasteiger partial charge in [0.25, 0.3) is 0 Å². The van der Waals surface area contributed by atoms with Crippen LogP contribution in [0.3, 0.4) is 0 Å². The van der Waals surface area contributed by atoms with Gasteiger partial charge in [-0.3, -0.25) is 9.59 Å². The van der Waals surface area contributed by atoms with Crippen molar-refractivity contribution < 1.29 is 14.7 Å². The van der Waals surface area contributed by atoms with Gasteiger partial charge in [0.15, 0.2) is 5.78 Å². The van der Waals surface area contributed by atoms with E-state index in [1.54, 1.807) is 12.1 Å². The number of aliphatic carboxylic acids is 1. The number of Topliss-reactive ketones (excluding diaryl/α,β-unsaturated/α-hetero) is 1. The first-order valence-corrected chi connectivity index (χ1v) is 5.91. The second kappa shape index (κ2) is 4.32. The van der Waals surface area contributed by atoms with Crippen molar-refractivity contribution in [2.75, 3.05) is 0 Å². The van der Waals surface area contributed by atoms with Crippen LogP contribution in [0.25, 0.3) is 0 Å². The highest BCUT2D eigenvalue weighted by atomic mass is 16.4. The number of benzene rings is 1. The quantitative estimate of drug-likeness (QED) is 0.644. The highest BCUT2D eigenvalue weighted by molar-refractivity contribution is 6.12. The van der Waals surface area contributed by atoms with Crippen LogP contribution in [-0.4, -0.2) is 16.9 Å². The monoisotopic (exact) mass is 232 g/mol. The van der Waals surface area contributed by atoms with Gasteiger partial charge in [-0.1, -0.05) is 42.7 Å². The van der Waals surface area contributed by atoms with Crippen LogP contribution in [0.15, 0.2) is 24.3 Å². The second-order valence-corrected chi connectivity index (χ2v) is 4.79. The largest absolute Gasteiger partial charge is 0.480 e. The van der Waals surface area contributed by atoms with E-state index in [-0.39, 0.29) is 5.78 Å². The minimum absolute atomic E-state index is 0.234. The van der Waals surface area contributed by atoms with Gasteiger partial charge in [0.05, 0.1) is 0 Å². The van der Waals surface area contributed by atoms with E-state index in [1.807, 2.05) is 19.1 Å². The number of carbonyl (C=O) groups is 2. The molecule has 1 aliphatic carbocycles. The van der Waals surface area contributed by atoms with Crippen molar-refractivity contribution in [3.8, 4) is 0 Å². The molecule has 1 aliphatic rings. The SMILES string of the molecule is Cc1ccc(C(=O)C2(C(=O)O)CCCC2)cc1. The molecule has 0 aromatic heterocycles. The number of hydrogen-bond donors (Lipinski definition) is 1. The van der Waals surface area contributed by atoms with Crippen LogP contribution in [0.2, 0.25) is 0 Å². The van der Waals surface area contributed by atoms with E-state index in [0.717, 1.165) is 18.4 Å². The predicted molar refractivity (Wildman–Crippen MR) is 64.0 cm³/mol. The molecule has 0 amide bonds. The zero-order chi connectivity index (χ0) is 12.5. The highest BCUT2D eigenvalue weighted by Gasteiger charge is 2.48. The Hall–Kier alpha value is -1.64. The number of carbonyl (C=O) groups excluding carboxylic acids is 1. The molecule has 0 aliphatic heterocycles. The van der Waals surface area contributed by atoms with Crippen molar-refractivity contribution in [2.45, 2.75) is 32.6 Å². The number of hydrogen-bond acceptors (Lipinski definition) is 2.